The highest BCUT2D eigenvalue weighted by Gasteiger charge is 2.23. The van der Waals surface area contributed by atoms with Crippen LogP contribution in [0.4, 0.5) is 17.1 Å². The summed E-state index contributed by atoms with van der Waals surface area (Å²) in [6.45, 7) is 0. The third kappa shape index (κ3) is 5.82. The maximum absolute atomic E-state index is 6.85. The molecule has 0 saturated heterocycles. The monoisotopic (exact) mass is 739 g/mol. The van der Waals surface area contributed by atoms with Crippen molar-refractivity contribution in [3.8, 4) is 44.5 Å². The van der Waals surface area contributed by atoms with Crippen molar-refractivity contribution in [1.82, 2.24) is 0 Å². The van der Waals surface area contributed by atoms with Gasteiger partial charge in [0.25, 0.3) is 0 Å². The zero-order valence-corrected chi connectivity index (χ0v) is 31.7. The lowest BCUT2D eigenvalue weighted by Crippen LogP contribution is -2.10. The van der Waals surface area contributed by atoms with E-state index < -0.39 is 0 Å². The van der Waals surface area contributed by atoms with Crippen LogP contribution in [-0.4, -0.2) is 0 Å². The van der Waals surface area contributed by atoms with Crippen LogP contribution < -0.4 is 4.90 Å². The van der Waals surface area contributed by atoms with Gasteiger partial charge in [0.2, 0.25) is 0 Å². The smallest absolute Gasteiger partial charge is 0.145 e. The Balaban J connectivity index is 1.12. The fraction of sp³-hybridized carbons (Fsp3) is 0. The van der Waals surface area contributed by atoms with Crippen LogP contribution in [0.15, 0.2) is 229 Å². The van der Waals surface area contributed by atoms with Crippen LogP contribution in [0.2, 0.25) is 0 Å². The first kappa shape index (κ1) is 33.6. The van der Waals surface area contributed by atoms with Crippen molar-refractivity contribution in [2.45, 2.75) is 0 Å². The van der Waals surface area contributed by atoms with E-state index in [4.69, 9.17) is 4.42 Å². The number of nitrogens with zero attached hydrogens (tertiary/aromatic N) is 1. The lowest BCUT2D eigenvalue weighted by Gasteiger charge is -2.27. The first-order chi connectivity index (χ1) is 28.8. The van der Waals surface area contributed by atoms with Crippen LogP contribution in [0.3, 0.4) is 0 Å². The molecule has 272 valence electrons. The zero-order chi connectivity index (χ0) is 38.4. The standard InChI is InChI=1S/C56H37NO/c1-3-13-38(14-4-1)39-23-25-43(26-24-39)50-35-36-53(55-51-21-11-12-22-54(51)58-56(50)55)57(46-34-31-44-28-27-41-17-7-8-20-49(41)52(44)37-46)45-32-29-42(30-33-45)48-19-10-9-18-47(48)40-15-5-2-6-16-40/h1-37H. The van der Waals surface area contributed by atoms with Crippen LogP contribution in [0, 0.1) is 0 Å². The second kappa shape index (κ2) is 14.1. The van der Waals surface area contributed by atoms with E-state index in [9.17, 15) is 0 Å². The van der Waals surface area contributed by atoms with Gasteiger partial charge in [-0.05, 0) is 103 Å². The summed E-state index contributed by atoms with van der Waals surface area (Å²) in [5.41, 5.74) is 14.3. The van der Waals surface area contributed by atoms with E-state index in [2.05, 4.69) is 229 Å². The van der Waals surface area contributed by atoms with Gasteiger partial charge < -0.3 is 9.32 Å². The molecule has 0 aliphatic heterocycles. The Labute approximate surface area is 337 Å². The van der Waals surface area contributed by atoms with E-state index in [-0.39, 0.29) is 0 Å². The predicted octanol–water partition coefficient (Wildman–Crippen LogP) is 16.0. The third-order valence-electron chi connectivity index (χ3n) is 11.5. The molecule has 0 N–H and O–H groups in total. The summed E-state index contributed by atoms with van der Waals surface area (Å²) in [6.07, 6.45) is 0. The predicted molar refractivity (Wildman–Crippen MR) is 245 cm³/mol. The normalized spacial score (nSPS) is 11.4. The van der Waals surface area contributed by atoms with Crippen LogP contribution in [0.5, 0.6) is 0 Å². The molecule has 1 heterocycles. The quantitative estimate of drug-likeness (QED) is 0.151. The van der Waals surface area contributed by atoms with Gasteiger partial charge in [0.15, 0.2) is 0 Å². The molecule has 0 atom stereocenters. The van der Waals surface area contributed by atoms with Gasteiger partial charge in [0.05, 0.1) is 11.1 Å². The molecule has 0 spiro atoms. The van der Waals surface area contributed by atoms with Crippen LogP contribution in [0.1, 0.15) is 0 Å². The largest absolute Gasteiger partial charge is 0.455 e. The van der Waals surface area contributed by atoms with Gasteiger partial charge in [-0.15, -0.1) is 0 Å². The Hall–Kier alpha value is -7.68. The summed E-state index contributed by atoms with van der Waals surface area (Å²) >= 11 is 0. The average molecular weight is 740 g/mol. The molecule has 1 aromatic heterocycles. The Bertz CT molecular complexity index is 3250. The number of para-hydroxylation sites is 1. The second-order valence-corrected chi connectivity index (χ2v) is 14.9. The van der Waals surface area contributed by atoms with E-state index in [1.165, 1.54) is 54.9 Å². The third-order valence-corrected chi connectivity index (χ3v) is 11.5. The van der Waals surface area contributed by atoms with E-state index in [0.717, 1.165) is 50.1 Å². The van der Waals surface area contributed by atoms with Gasteiger partial charge in [0, 0.05) is 22.3 Å². The topological polar surface area (TPSA) is 16.4 Å². The highest BCUT2D eigenvalue weighted by Crippen LogP contribution is 2.47. The van der Waals surface area contributed by atoms with Crippen molar-refractivity contribution in [2.75, 3.05) is 4.90 Å². The highest BCUT2D eigenvalue weighted by atomic mass is 16.3. The number of fused-ring (bicyclic) bond motifs is 6. The second-order valence-electron chi connectivity index (χ2n) is 14.9. The molecule has 0 radical (unpaired) electrons. The summed E-state index contributed by atoms with van der Waals surface area (Å²) in [7, 11) is 0. The minimum absolute atomic E-state index is 0.865. The number of hydrogen-bond acceptors (Lipinski definition) is 2. The van der Waals surface area contributed by atoms with E-state index in [1.807, 2.05) is 0 Å². The van der Waals surface area contributed by atoms with Crippen molar-refractivity contribution in [3.63, 3.8) is 0 Å². The summed E-state index contributed by atoms with van der Waals surface area (Å²) < 4.78 is 6.85. The SMILES string of the molecule is c1ccc(-c2ccc(-c3ccc(N(c4ccc(-c5ccccc5-c5ccccc5)cc4)c4ccc5ccc6ccccc6c5c4)c4c3oc3ccccc34)cc2)cc1. The summed E-state index contributed by atoms with van der Waals surface area (Å²) in [6, 6.07) is 80.6. The van der Waals surface area contributed by atoms with Crippen molar-refractivity contribution < 1.29 is 4.42 Å². The van der Waals surface area contributed by atoms with Gasteiger partial charge in [-0.2, -0.15) is 0 Å². The number of rotatable bonds is 7. The maximum atomic E-state index is 6.85. The van der Waals surface area contributed by atoms with E-state index in [0.29, 0.717) is 0 Å². The minimum Gasteiger partial charge on any atom is -0.455 e. The van der Waals surface area contributed by atoms with Crippen LogP contribution in [0.25, 0.3) is 88.0 Å². The molecule has 2 nitrogen and oxygen atoms in total. The molecule has 0 aliphatic carbocycles. The number of anilines is 3. The lowest BCUT2D eigenvalue weighted by atomic mass is 9.94. The van der Waals surface area contributed by atoms with E-state index in [1.54, 1.807) is 0 Å². The number of benzene rings is 10. The molecule has 11 rings (SSSR count). The molecule has 11 aromatic rings. The van der Waals surface area contributed by atoms with Crippen molar-refractivity contribution >= 4 is 60.5 Å². The Kier molecular flexibility index (Phi) is 8.19. The first-order valence-corrected chi connectivity index (χ1v) is 19.8. The molecule has 0 bridgehead atoms. The van der Waals surface area contributed by atoms with Crippen molar-refractivity contribution in [1.29, 1.82) is 0 Å². The fourth-order valence-corrected chi connectivity index (χ4v) is 8.65. The fourth-order valence-electron chi connectivity index (χ4n) is 8.65. The van der Waals surface area contributed by atoms with Gasteiger partial charge in [-0.1, -0.05) is 182 Å². The highest BCUT2D eigenvalue weighted by molar-refractivity contribution is 6.17. The first-order valence-electron chi connectivity index (χ1n) is 19.8. The number of furan rings is 1. The molecule has 0 amide bonds. The Morgan fingerprint density at radius 1 is 0.310 bits per heavy atom. The summed E-state index contributed by atoms with van der Waals surface area (Å²) in [5.74, 6) is 0. The zero-order valence-electron chi connectivity index (χ0n) is 31.7. The molecule has 0 unspecified atom stereocenters. The summed E-state index contributed by atoms with van der Waals surface area (Å²) in [4.78, 5) is 2.40. The maximum Gasteiger partial charge on any atom is 0.145 e. The Morgan fingerprint density at radius 3 is 1.55 bits per heavy atom. The van der Waals surface area contributed by atoms with Gasteiger partial charge >= 0.3 is 0 Å². The van der Waals surface area contributed by atoms with Gasteiger partial charge in [0.1, 0.15) is 11.2 Å². The van der Waals surface area contributed by atoms with Crippen LogP contribution >= 0.6 is 0 Å². The molecule has 0 aliphatic rings. The molecule has 10 aromatic carbocycles. The van der Waals surface area contributed by atoms with E-state index >= 15 is 0 Å². The van der Waals surface area contributed by atoms with Gasteiger partial charge in [-0.25, -0.2) is 0 Å². The van der Waals surface area contributed by atoms with Crippen LogP contribution in [-0.2, 0) is 0 Å². The molecule has 2 heteroatoms. The average Bonchev–Trinajstić information content (AvgIpc) is 3.70. The molecular formula is C56H37NO. The van der Waals surface area contributed by atoms with Gasteiger partial charge in [-0.3, -0.25) is 0 Å². The summed E-state index contributed by atoms with van der Waals surface area (Å²) in [5, 5.41) is 7.06. The van der Waals surface area contributed by atoms with Crippen molar-refractivity contribution in [3.05, 3.63) is 224 Å². The van der Waals surface area contributed by atoms with Crippen molar-refractivity contribution in [2.24, 2.45) is 0 Å². The molecule has 58 heavy (non-hydrogen) atoms. The molecule has 0 saturated carbocycles. The Morgan fingerprint density at radius 2 is 0.810 bits per heavy atom. The number of hydrogen-bond donors (Lipinski definition) is 0. The molecule has 0 fully saturated rings. The minimum atomic E-state index is 0.865. The lowest BCUT2D eigenvalue weighted by molar-refractivity contribution is 0.670. The molecular weight excluding hydrogens is 703 g/mol.